The topological polar surface area (TPSA) is 22.1 Å². The van der Waals surface area contributed by atoms with E-state index in [1.54, 1.807) is 18.4 Å². The van der Waals surface area contributed by atoms with Crippen LogP contribution in [0.2, 0.25) is 0 Å². The predicted octanol–water partition coefficient (Wildman–Crippen LogP) is 4.88. The van der Waals surface area contributed by atoms with Crippen molar-refractivity contribution in [3.05, 3.63) is 33.7 Å². The Morgan fingerprint density at radius 2 is 2.00 bits per heavy atom. The molecule has 1 heterocycles. The van der Waals surface area contributed by atoms with Crippen LogP contribution in [-0.4, -0.2) is 12.1 Å². The van der Waals surface area contributed by atoms with Gasteiger partial charge in [-0.3, -0.25) is 0 Å². The van der Waals surface area contributed by atoms with Gasteiger partial charge in [-0.2, -0.15) is 0 Å². The molecule has 0 N–H and O–H groups in total. The van der Waals surface area contributed by atoms with Crippen LogP contribution in [0, 0.1) is 0 Å². The second-order valence-electron chi connectivity index (χ2n) is 5.14. The lowest BCUT2D eigenvalue weighted by Gasteiger charge is -2.20. The van der Waals surface area contributed by atoms with Crippen molar-refractivity contribution in [3.63, 3.8) is 0 Å². The van der Waals surface area contributed by atoms with Gasteiger partial charge in [-0.05, 0) is 39.0 Å². The van der Waals surface area contributed by atoms with Gasteiger partial charge in [0.1, 0.15) is 15.4 Å². The Kier molecular flexibility index (Phi) is 3.78. The summed E-state index contributed by atoms with van der Waals surface area (Å²) in [6.07, 6.45) is 0. The second-order valence-corrected chi connectivity index (χ2v) is 6.81. The van der Waals surface area contributed by atoms with Crippen molar-refractivity contribution in [2.24, 2.45) is 0 Å². The molecule has 1 aromatic heterocycles. The predicted molar refractivity (Wildman–Crippen MR) is 80.5 cm³/mol. The number of thiazole rings is 1. The Hall–Kier alpha value is -0.870. The molecule has 0 bridgehead atoms. The molecule has 0 radical (unpaired) electrons. The van der Waals surface area contributed by atoms with Crippen molar-refractivity contribution in [1.29, 1.82) is 0 Å². The molecule has 0 spiro atoms. The summed E-state index contributed by atoms with van der Waals surface area (Å²) in [5, 5.41) is 2.96. The molecule has 2 aromatic rings. The highest BCUT2D eigenvalue weighted by molar-refractivity contribution is 9.10. The van der Waals surface area contributed by atoms with E-state index in [-0.39, 0.29) is 5.41 Å². The molecule has 18 heavy (non-hydrogen) atoms. The van der Waals surface area contributed by atoms with Crippen LogP contribution in [0.4, 0.5) is 0 Å². The lowest BCUT2D eigenvalue weighted by atomic mass is 9.86. The van der Waals surface area contributed by atoms with Crippen LogP contribution in [0.3, 0.4) is 0 Å². The van der Waals surface area contributed by atoms with E-state index in [1.165, 1.54) is 5.56 Å². The molecular weight excluding hydrogens is 310 g/mol. The number of hydrogen-bond donors (Lipinski definition) is 0. The minimum absolute atomic E-state index is 0.121. The van der Waals surface area contributed by atoms with E-state index in [2.05, 4.69) is 53.8 Å². The summed E-state index contributed by atoms with van der Waals surface area (Å²) in [7, 11) is 1.69. The monoisotopic (exact) mass is 325 g/mol. The Morgan fingerprint density at radius 1 is 1.28 bits per heavy atom. The van der Waals surface area contributed by atoms with Crippen molar-refractivity contribution in [2.75, 3.05) is 7.11 Å². The Bertz CT molecular complexity index is 557. The van der Waals surface area contributed by atoms with Gasteiger partial charge in [-0.1, -0.05) is 26.8 Å². The van der Waals surface area contributed by atoms with Crippen LogP contribution >= 0.6 is 27.3 Å². The van der Waals surface area contributed by atoms with Crippen LogP contribution in [0.1, 0.15) is 26.3 Å². The smallest absolute Gasteiger partial charge is 0.129 e. The minimum atomic E-state index is 0.121. The van der Waals surface area contributed by atoms with Gasteiger partial charge >= 0.3 is 0 Å². The lowest BCUT2D eigenvalue weighted by Crippen LogP contribution is -2.11. The van der Waals surface area contributed by atoms with Gasteiger partial charge in [0.05, 0.1) is 12.7 Å². The summed E-state index contributed by atoms with van der Waals surface area (Å²) in [5.41, 5.74) is 2.46. The standard InChI is InChI=1S/C14H16BrNOS/c1-14(2,3)9-5-6-11(17-4)10(7-9)13-16-12(15)8-18-13/h5-8H,1-4H3. The van der Waals surface area contributed by atoms with Gasteiger partial charge in [0.2, 0.25) is 0 Å². The fraction of sp³-hybridized carbons (Fsp3) is 0.357. The zero-order valence-corrected chi connectivity index (χ0v) is 13.4. The summed E-state index contributed by atoms with van der Waals surface area (Å²) in [6, 6.07) is 6.31. The number of benzene rings is 1. The maximum absolute atomic E-state index is 5.43. The van der Waals surface area contributed by atoms with E-state index in [0.717, 1.165) is 20.9 Å². The number of rotatable bonds is 2. The summed E-state index contributed by atoms with van der Waals surface area (Å²) >= 11 is 5.01. The van der Waals surface area contributed by atoms with Crippen LogP contribution < -0.4 is 4.74 Å². The molecule has 0 aliphatic heterocycles. The lowest BCUT2D eigenvalue weighted by molar-refractivity contribution is 0.416. The fourth-order valence-electron chi connectivity index (χ4n) is 1.72. The molecule has 0 saturated carbocycles. The molecule has 0 atom stereocenters. The van der Waals surface area contributed by atoms with E-state index >= 15 is 0 Å². The quantitative estimate of drug-likeness (QED) is 0.785. The first-order chi connectivity index (χ1) is 8.41. The molecular formula is C14H16BrNOS. The van der Waals surface area contributed by atoms with Crippen molar-refractivity contribution in [3.8, 4) is 16.3 Å². The molecule has 0 aliphatic carbocycles. The summed E-state index contributed by atoms with van der Waals surface area (Å²) in [4.78, 5) is 4.47. The highest BCUT2D eigenvalue weighted by atomic mass is 79.9. The van der Waals surface area contributed by atoms with Crippen LogP contribution in [0.25, 0.3) is 10.6 Å². The zero-order chi connectivity index (χ0) is 13.3. The normalized spacial score (nSPS) is 11.6. The summed E-state index contributed by atoms with van der Waals surface area (Å²) < 4.78 is 6.29. The molecule has 1 aromatic carbocycles. The minimum Gasteiger partial charge on any atom is -0.496 e. The number of hydrogen-bond acceptors (Lipinski definition) is 3. The molecule has 0 fully saturated rings. The van der Waals surface area contributed by atoms with Crippen LogP contribution in [0.15, 0.2) is 28.2 Å². The maximum Gasteiger partial charge on any atom is 0.129 e. The third-order valence-electron chi connectivity index (χ3n) is 2.77. The first-order valence-corrected chi connectivity index (χ1v) is 7.39. The maximum atomic E-state index is 5.43. The van der Waals surface area contributed by atoms with Gasteiger partial charge in [-0.25, -0.2) is 4.98 Å². The van der Waals surface area contributed by atoms with Crippen molar-refractivity contribution < 1.29 is 4.74 Å². The summed E-state index contributed by atoms with van der Waals surface area (Å²) in [5.74, 6) is 0.866. The van der Waals surface area contributed by atoms with E-state index < -0.39 is 0 Å². The zero-order valence-electron chi connectivity index (χ0n) is 11.0. The highest BCUT2D eigenvalue weighted by Gasteiger charge is 2.17. The fourth-order valence-corrected chi connectivity index (χ4v) is 2.99. The van der Waals surface area contributed by atoms with Gasteiger partial charge in [0.25, 0.3) is 0 Å². The number of ether oxygens (including phenoxy) is 1. The average Bonchev–Trinajstić information content (AvgIpc) is 2.73. The number of halogens is 1. The Morgan fingerprint density at radius 3 is 2.50 bits per heavy atom. The SMILES string of the molecule is COc1ccc(C(C)(C)C)cc1-c1nc(Br)cs1. The van der Waals surface area contributed by atoms with Gasteiger partial charge in [0, 0.05) is 5.38 Å². The van der Waals surface area contributed by atoms with Gasteiger partial charge < -0.3 is 4.74 Å². The third-order valence-corrected chi connectivity index (χ3v) is 4.36. The van der Waals surface area contributed by atoms with Crippen molar-refractivity contribution in [2.45, 2.75) is 26.2 Å². The van der Waals surface area contributed by atoms with E-state index in [4.69, 9.17) is 4.74 Å². The molecule has 0 amide bonds. The highest BCUT2D eigenvalue weighted by Crippen LogP contribution is 2.36. The van der Waals surface area contributed by atoms with E-state index in [9.17, 15) is 0 Å². The van der Waals surface area contributed by atoms with Gasteiger partial charge in [0.15, 0.2) is 0 Å². The molecule has 2 nitrogen and oxygen atoms in total. The number of methoxy groups -OCH3 is 1. The summed E-state index contributed by atoms with van der Waals surface area (Å²) in [6.45, 7) is 6.61. The van der Waals surface area contributed by atoms with E-state index in [1.807, 2.05) is 11.4 Å². The van der Waals surface area contributed by atoms with Crippen LogP contribution in [-0.2, 0) is 5.41 Å². The third kappa shape index (κ3) is 2.75. The molecule has 96 valence electrons. The van der Waals surface area contributed by atoms with E-state index in [0.29, 0.717) is 0 Å². The molecule has 0 aliphatic rings. The molecule has 4 heteroatoms. The average molecular weight is 326 g/mol. The molecule has 2 rings (SSSR count). The Balaban J connectivity index is 2.56. The largest absolute Gasteiger partial charge is 0.496 e. The first kappa shape index (κ1) is 13.6. The molecule has 0 unspecified atom stereocenters. The second kappa shape index (κ2) is 5.02. The number of aromatic nitrogens is 1. The molecule has 0 saturated heterocycles. The van der Waals surface area contributed by atoms with Crippen molar-refractivity contribution >= 4 is 27.3 Å². The number of nitrogens with zero attached hydrogens (tertiary/aromatic N) is 1. The van der Waals surface area contributed by atoms with Crippen molar-refractivity contribution in [1.82, 2.24) is 4.98 Å². The van der Waals surface area contributed by atoms with Crippen LogP contribution in [0.5, 0.6) is 5.75 Å². The van der Waals surface area contributed by atoms with Gasteiger partial charge in [-0.15, -0.1) is 11.3 Å². The first-order valence-electron chi connectivity index (χ1n) is 5.72. The Labute approximate surface area is 120 Å².